The Morgan fingerprint density at radius 2 is 1.83 bits per heavy atom. The predicted octanol–water partition coefficient (Wildman–Crippen LogP) is 3.91. The van der Waals surface area contributed by atoms with Gasteiger partial charge in [0.05, 0.1) is 7.11 Å². The Hall–Kier alpha value is -3.35. The number of carbonyl (C=O) groups excluding carboxylic acids is 1. The number of amides is 1. The standard InChI is InChI=1S/C23H26N4O3/c1-16-11-13-27(14-12-16)19-7-5-18(6-8-19)21-25-23(30-26-21)22(28)24-15-17-3-9-20(29-2)10-4-17/h3-10,16H,11-15H2,1-2H3,(H,24,28). The van der Waals surface area contributed by atoms with Crippen molar-refractivity contribution in [2.24, 2.45) is 5.92 Å². The topological polar surface area (TPSA) is 80.5 Å². The zero-order valence-corrected chi connectivity index (χ0v) is 17.3. The molecule has 7 nitrogen and oxygen atoms in total. The molecule has 0 spiro atoms. The Morgan fingerprint density at radius 3 is 2.50 bits per heavy atom. The maximum atomic E-state index is 12.3. The maximum Gasteiger partial charge on any atom is 0.316 e. The number of aromatic nitrogens is 2. The molecule has 1 amide bonds. The Bertz CT molecular complexity index is 974. The number of hydrogen-bond acceptors (Lipinski definition) is 6. The number of hydrogen-bond donors (Lipinski definition) is 1. The van der Waals surface area contributed by atoms with E-state index in [0.29, 0.717) is 12.4 Å². The van der Waals surface area contributed by atoms with Crippen molar-refractivity contribution >= 4 is 11.6 Å². The van der Waals surface area contributed by atoms with Crippen molar-refractivity contribution in [3.8, 4) is 17.1 Å². The lowest BCUT2D eigenvalue weighted by Crippen LogP contribution is -2.32. The van der Waals surface area contributed by atoms with Gasteiger partial charge in [-0.3, -0.25) is 4.79 Å². The summed E-state index contributed by atoms with van der Waals surface area (Å²) in [7, 11) is 1.62. The van der Waals surface area contributed by atoms with Gasteiger partial charge in [0, 0.05) is 30.9 Å². The largest absolute Gasteiger partial charge is 0.497 e. The first-order chi connectivity index (χ1) is 14.6. The third-order valence-corrected chi connectivity index (χ3v) is 5.51. The van der Waals surface area contributed by atoms with Crippen molar-refractivity contribution in [1.29, 1.82) is 0 Å². The van der Waals surface area contributed by atoms with Gasteiger partial charge in [0.15, 0.2) is 0 Å². The Balaban J connectivity index is 1.36. The molecule has 1 aromatic heterocycles. The van der Waals surface area contributed by atoms with Crippen molar-refractivity contribution in [3.63, 3.8) is 0 Å². The zero-order valence-electron chi connectivity index (χ0n) is 17.3. The number of rotatable bonds is 6. The first-order valence-corrected chi connectivity index (χ1v) is 10.2. The van der Waals surface area contributed by atoms with Crippen LogP contribution in [0.2, 0.25) is 0 Å². The number of ether oxygens (including phenoxy) is 1. The molecule has 0 unspecified atom stereocenters. The van der Waals surface area contributed by atoms with Gasteiger partial charge in [-0.05, 0) is 60.7 Å². The molecule has 156 valence electrons. The molecule has 1 N–H and O–H groups in total. The van der Waals surface area contributed by atoms with Gasteiger partial charge in [-0.1, -0.05) is 24.2 Å². The number of benzene rings is 2. The minimum absolute atomic E-state index is 0.0485. The van der Waals surface area contributed by atoms with Crippen LogP contribution in [-0.2, 0) is 6.54 Å². The minimum atomic E-state index is -0.399. The Morgan fingerprint density at radius 1 is 1.13 bits per heavy atom. The third kappa shape index (κ3) is 4.62. The molecule has 30 heavy (non-hydrogen) atoms. The normalized spacial score (nSPS) is 14.5. The Labute approximate surface area is 176 Å². The molecule has 0 bridgehead atoms. The van der Waals surface area contributed by atoms with Crippen LogP contribution in [0.3, 0.4) is 0 Å². The molecule has 1 fully saturated rings. The van der Waals surface area contributed by atoms with E-state index in [4.69, 9.17) is 9.26 Å². The lowest BCUT2D eigenvalue weighted by Gasteiger charge is -2.32. The van der Waals surface area contributed by atoms with E-state index in [1.165, 1.54) is 18.5 Å². The molecular formula is C23H26N4O3. The van der Waals surface area contributed by atoms with E-state index in [1.54, 1.807) is 7.11 Å². The van der Waals surface area contributed by atoms with Gasteiger partial charge in [-0.25, -0.2) is 0 Å². The van der Waals surface area contributed by atoms with E-state index in [0.717, 1.165) is 35.9 Å². The second-order valence-electron chi connectivity index (χ2n) is 7.67. The van der Waals surface area contributed by atoms with Crippen molar-refractivity contribution in [1.82, 2.24) is 15.5 Å². The average molecular weight is 406 g/mol. The molecule has 0 saturated carbocycles. The number of nitrogens with zero attached hydrogens (tertiary/aromatic N) is 3. The van der Waals surface area contributed by atoms with Crippen LogP contribution in [-0.4, -0.2) is 36.2 Å². The van der Waals surface area contributed by atoms with Crippen LogP contribution in [0.4, 0.5) is 5.69 Å². The van der Waals surface area contributed by atoms with E-state index in [9.17, 15) is 4.79 Å². The summed E-state index contributed by atoms with van der Waals surface area (Å²) in [6.45, 7) is 4.84. The highest BCUT2D eigenvalue weighted by Crippen LogP contribution is 2.25. The Kier molecular flexibility index (Phi) is 5.97. The fraction of sp³-hybridized carbons (Fsp3) is 0.348. The lowest BCUT2D eigenvalue weighted by molar-refractivity contribution is 0.0907. The molecule has 1 aliphatic heterocycles. The van der Waals surface area contributed by atoms with E-state index in [2.05, 4.69) is 39.4 Å². The SMILES string of the molecule is COc1ccc(CNC(=O)c2nc(-c3ccc(N4CCC(C)CC4)cc3)no2)cc1. The fourth-order valence-electron chi connectivity index (χ4n) is 3.52. The summed E-state index contributed by atoms with van der Waals surface area (Å²) >= 11 is 0. The number of carbonyl (C=O) groups is 1. The fourth-order valence-corrected chi connectivity index (χ4v) is 3.52. The van der Waals surface area contributed by atoms with Crippen LogP contribution in [0, 0.1) is 5.92 Å². The van der Waals surface area contributed by atoms with Gasteiger partial charge in [0.2, 0.25) is 5.82 Å². The van der Waals surface area contributed by atoms with Crippen molar-refractivity contribution in [3.05, 3.63) is 60.0 Å². The summed E-state index contributed by atoms with van der Waals surface area (Å²) in [5.74, 6) is 1.53. The summed E-state index contributed by atoms with van der Waals surface area (Å²) in [5.41, 5.74) is 2.97. The molecule has 2 aromatic carbocycles. The van der Waals surface area contributed by atoms with E-state index in [-0.39, 0.29) is 5.89 Å². The highest BCUT2D eigenvalue weighted by atomic mass is 16.5. The number of methoxy groups -OCH3 is 1. The third-order valence-electron chi connectivity index (χ3n) is 5.51. The smallest absolute Gasteiger partial charge is 0.316 e. The summed E-state index contributed by atoms with van der Waals surface area (Å²) < 4.78 is 10.3. The maximum absolute atomic E-state index is 12.3. The van der Waals surface area contributed by atoms with E-state index in [1.807, 2.05) is 36.4 Å². The van der Waals surface area contributed by atoms with Gasteiger partial charge in [-0.2, -0.15) is 4.98 Å². The summed E-state index contributed by atoms with van der Waals surface area (Å²) in [6, 6.07) is 15.6. The van der Waals surface area contributed by atoms with Crippen molar-refractivity contribution in [2.45, 2.75) is 26.3 Å². The highest BCUT2D eigenvalue weighted by Gasteiger charge is 2.18. The van der Waals surface area contributed by atoms with Crippen LogP contribution in [0.5, 0.6) is 5.75 Å². The average Bonchev–Trinajstić information content (AvgIpc) is 3.29. The second kappa shape index (κ2) is 8.98. The summed E-state index contributed by atoms with van der Waals surface area (Å²) in [5, 5.41) is 6.75. The zero-order chi connectivity index (χ0) is 20.9. The van der Waals surface area contributed by atoms with Crippen LogP contribution < -0.4 is 15.0 Å². The number of anilines is 1. The molecule has 2 heterocycles. The van der Waals surface area contributed by atoms with Gasteiger partial charge < -0.3 is 19.5 Å². The molecule has 7 heteroatoms. The number of nitrogens with one attached hydrogen (secondary N) is 1. The van der Waals surface area contributed by atoms with Gasteiger partial charge in [0.25, 0.3) is 0 Å². The monoisotopic (exact) mass is 406 g/mol. The molecule has 3 aromatic rings. The van der Waals surface area contributed by atoms with Gasteiger partial charge >= 0.3 is 11.8 Å². The van der Waals surface area contributed by atoms with Crippen LogP contribution in [0.25, 0.3) is 11.4 Å². The quantitative estimate of drug-likeness (QED) is 0.668. The number of piperidine rings is 1. The highest BCUT2D eigenvalue weighted by molar-refractivity contribution is 5.89. The summed E-state index contributed by atoms with van der Waals surface area (Å²) in [4.78, 5) is 19.0. The van der Waals surface area contributed by atoms with E-state index < -0.39 is 5.91 Å². The first-order valence-electron chi connectivity index (χ1n) is 10.2. The van der Waals surface area contributed by atoms with Crippen LogP contribution in [0.15, 0.2) is 53.1 Å². The van der Waals surface area contributed by atoms with Gasteiger partial charge in [0.1, 0.15) is 5.75 Å². The minimum Gasteiger partial charge on any atom is -0.497 e. The second-order valence-corrected chi connectivity index (χ2v) is 7.67. The molecule has 0 radical (unpaired) electrons. The molecule has 4 rings (SSSR count). The van der Waals surface area contributed by atoms with Crippen LogP contribution >= 0.6 is 0 Å². The molecule has 1 saturated heterocycles. The first kappa shape index (κ1) is 19.9. The van der Waals surface area contributed by atoms with E-state index >= 15 is 0 Å². The summed E-state index contributed by atoms with van der Waals surface area (Å²) in [6.07, 6.45) is 2.45. The van der Waals surface area contributed by atoms with Crippen molar-refractivity contribution in [2.75, 3.05) is 25.1 Å². The van der Waals surface area contributed by atoms with Crippen molar-refractivity contribution < 1.29 is 14.1 Å². The van der Waals surface area contributed by atoms with Crippen LogP contribution in [0.1, 0.15) is 36.0 Å². The predicted molar refractivity (Wildman–Crippen MR) is 115 cm³/mol. The van der Waals surface area contributed by atoms with Gasteiger partial charge in [-0.15, -0.1) is 0 Å². The lowest BCUT2D eigenvalue weighted by atomic mass is 9.98. The molecule has 0 atom stereocenters. The molecular weight excluding hydrogens is 380 g/mol. The molecule has 1 aliphatic rings. The molecule has 0 aliphatic carbocycles.